The van der Waals surface area contributed by atoms with E-state index in [1.807, 2.05) is 26.2 Å². The molecule has 0 aliphatic heterocycles. The third-order valence-electron chi connectivity index (χ3n) is 2.17. The van der Waals surface area contributed by atoms with E-state index in [-0.39, 0.29) is 0 Å². The van der Waals surface area contributed by atoms with Crippen molar-refractivity contribution >= 4 is 0 Å². The molecule has 2 N–H and O–H groups in total. The number of aryl methyl sites for hydroxylation is 4. The lowest BCUT2D eigenvalue weighted by Gasteiger charge is -1.94. The molecule has 2 aromatic rings. The number of hydrogen-bond donors (Lipinski definition) is 2. The van der Waals surface area contributed by atoms with E-state index in [0.717, 1.165) is 24.5 Å². The highest BCUT2D eigenvalue weighted by molar-refractivity contribution is 5.06. The Morgan fingerprint density at radius 1 is 0.929 bits per heavy atom. The SMILES string of the molecule is Cc1ncc(CCc2cnc(C)[nH]2)[nH]1. The summed E-state index contributed by atoms with van der Waals surface area (Å²) in [7, 11) is 0. The fourth-order valence-corrected chi connectivity index (χ4v) is 1.47. The van der Waals surface area contributed by atoms with Crippen molar-refractivity contribution in [2.45, 2.75) is 26.7 Å². The number of nitrogens with one attached hydrogen (secondary N) is 2. The molecule has 4 nitrogen and oxygen atoms in total. The Bertz CT molecular complexity index is 373. The van der Waals surface area contributed by atoms with Crippen molar-refractivity contribution in [3.8, 4) is 0 Å². The van der Waals surface area contributed by atoms with Gasteiger partial charge >= 0.3 is 0 Å². The summed E-state index contributed by atoms with van der Waals surface area (Å²) in [5.41, 5.74) is 2.35. The number of H-pyrrole nitrogens is 2. The van der Waals surface area contributed by atoms with Crippen LogP contribution in [0.4, 0.5) is 0 Å². The van der Waals surface area contributed by atoms with Crippen molar-refractivity contribution in [1.29, 1.82) is 0 Å². The van der Waals surface area contributed by atoms with E-state index in [1.54, 1.807) is 0 Å². The van der Waals surface area contributed by atoms with Gasteiger partial charge in [0.2, 0.25) is 0 Å². The maximum atomic E-state index is 4.15. The van der Waals surface area contributed by atoms with Gasteiger partial charge in [-0.3, -0.25) is 0 Å². The number of aromatic amines is 2. The predicted molar refractivity (Wildman–Crippen MR) is 54.1 cm³/mol. The molecule has 0 radical (unpaired) electrons. The molecule has 0 fully saturated rings. The van der Waals surface area contributed by atoms with Gasteiger partial charge in [-0.25, -0.2) is 9.97 Å². The van der Waals surface area contributed by atoms with E-state index in [1.165, 1.54) is 11.4 Å². The molecule has 2 rings (SSSR count). The summed E-state index contributed by atoms with van der Waals surface area (Å²) in [6.07, 6.45) is 5.72. The van der Waals surface area contributed by atoms with Crippen molar-refractivity contribution < 1.29 is 0 Å². The summed E-state index contributed by atoms with van der Waals surface area (Å²) < 4.78 is 0. The van der Waals surface area contributed by atoms with Gasteiger partial charge in [0, 0.05) is 23.8 Å². The predicted octanol–water partition coefficient (Wildman–Crippen LogP) is 1.53. The summed E-state index contributed by atoms with van der Waals surface area (Å²) in [5.74, 6) is 1.95. The van der Waals surface area contributed by atoms with Crippen LogP contribution in [0.25, 0.3) is 0 Å². The van der Waals surface area contributed by atoms with Gasteiger partial charge in [-0.15, -0.1) is 0 Å². The highest BCUT2D eigenvalue weighted by Crippen LogP contribution is 2.03. The third-order valence-corrected chi connectivity index (χ3v) is 2.17. The smallest absolute Gasteiger partial charge is 0.103 e. The zero-order valence-electron chi connectivity index (χ0n) is 8.46. The van der Waals surface area contributed by atoms with Crippen molar-refractivity contribution in [2.24, 2.45) is 0 Å². The molecular weight excluding hydrogens is 176 g/mol. The molecule has 0 aliphatic rings. The van der Waals surface area contributed by atoms with Crippen LogP contribution in [0.15, 0.2) is 12.4 Å². The maximum Gasteiger partial charge on any atom is 0.103 e. The van der Waals surface area contributed by atoms with Crippen LogP contribution < -0.4 is 0 Å². The lowest BCUT2D eigenvalue weighted by atomic mass is 10.2. The Morgan fingerprint density at radius 2 is 1.36 bits per heavy atom. The molecule has 0 unspecified atom stereocenters. The number of hydrogen-bond acceptors (Lipinski definition) is 2. The molecule has 0 saturated heterocycles. The summed E-state index contributed by atoms with van der Waals surface area (Å²) in [6, 6.07) is 0. The number of nitrogens with zero attached hydrogens (tertiary/aromatic N) is 2. The summed E-state index contributed by atoms with van der Waals surface area (Å²) >= 11 is 0. The fraction of sp³-hybridized carbons (Fsp3) is 0.400. The zero-order valence-corrected chi connectivity index (χ0v) is 8.46. The second-order valence-electron chi connectivity index (χ2n) is 3.49. The van der Waals surface area contributed by atoms with Gasteiger partial charge in [-0.1, -0.05) is 0 Å². The van der Waals surface area contributed by atoms with Crippen molar-refractivity contribution in [3.05, 3.63) is 35.4 Å². The molecular formula is C10H14N4. The fourth-order valence-electron chi connectivity index (χ4n) is 1.47. The van der Waals surface area contributed by atoms with E-state index in [0.29, 0.717) is 0 Å². The van der Waals surface area contributed by atoms with Crippen LogP contribution in [0.3, 0.4) is 0 Å². The highest BCUT2D eigenvalue weighted by Gasteiger charge is 2.00. The van der Waals surface area contributed by atoms with Gasteiger partial charge in [0.05, 0.1) is 0 Å². The van der Waals surface area contributed by atoms with E-state index >= 15 is 0 Å². The average Bonchev–Trinajstić information content (AvgIpc) is 2.72. The Balaban J connectivity index is 1.94. The summed E-state index contributed by atoms with van der Waals surface area (Å²) in [5, 5.41) is 0. The van der Waals surface area contributed by atoms with Gasteiger partial charge < -0.3 is 9.97 Å². The van der Waals surface area contributed by atoms with Gasteiger partial charge in [0.25, 0.3) is 0 Å². The second kappa shape index (κ2) is 3.65. The second-order valence-corrected chi connectivity index (χ2v) is 3.49. The van der Waals surface area contributed by atoms with Crippen LogP contribution in [-0.2, 0) is 12.8 Å². The Labute approximate surface area is 82.8 Å². The Morgan fingerprint density at radius 3 is 1.64 bits per heavy atom. The molecule has 2 heterocycles. The molecule has 0 aromatic carbocycles. The molecule has 4 heteroatoms. The van der Waals surface area contributed by atoms with Gasteiger partial charge in [-0.2, -0.15) is 0 Å². The molecule has 74 valence electrons. The topological polar surface area (TPSA) is 57.4 Å². The summed E-state index contributed by atoms with van der Waals surface area (Å²) in [4.78, 5) is 14.7. The normalized spacial score (nSPS) is 10.7. The van der Waals surface area contributed by atoms with Crippen LogP contribution >= 0.6 is 0 Å². The first-order valence-corrected chi connectivity index (χ1v) is 4.75. The maximum absolute atomic E-state index is 4.15. The number of imidazole rings is 2. The van der Waals surface area contributed by atoms with Gasteiger partial charge in [0.15, 0.2) is 0 Å². The highest BCUT2D eigenvalue weighted by atomic mass is 14.9. The molecule has 0 bridgehead atoms. The third kappa shape index (κ3) is 2.02. The first kappa shape index (κ1) is 8.99. The number of rotatable bonds is 3. The molecule has 0 aliphatic carbocycles. The molecule has 0 spiro atoms. The standard InChI is InChI=1S/C10H14N4/c1-7-11-5-9(13-7)3-4-10-6-12-8(2)14-10/h5-6H,3-4H2,1-2H3,(H,11,13)(H,12,14). The first-order valence-electron chi connectivity index (χ1n) is 4.75. The molecule has 0 amide bonds. The number of aromatic nitrogens is 4. The molecule has 14 heavy (non-hydrogen) atoms. The van der Waals surface area contributed by atoms with Gasteiger partial charge in [0.1, 0.15) is 11.6 Å². The largest absolute Gasteiger partial charge is 0.346 e. The van der Waals surface area contributed by atoms with Crippen molar-refractivity contribution in [1.82, 2.24) is 19.9 Å². The van der Waals surface area contributed by atoms with Crippen molar-refractivity contribution in [3.63, 3.8) is 0 Å². The van der Waals surface area contributed by atoms with Crippen LogP contribution in [-0.4, -0.2) is 19.9 Å². The zero-order chi connectivity index (χ0) is 9.97. The minimum absolute atomic E-state index is 0.973. The quantitative estimate of drug-likeness (QED) is 0.771. The van der Waals surface area contributed by atoms with Gasteiger partial charge in [-0.05, 0) is 26.7 Å². The Kier molecular flexibility index (Phi) is 2.35. The molecule has 2 aromatic heterocycles. The van der Waals surface area contributed by atoms with E-state index in [4.69, 9.17) is 0 Å². The van der Waals surface area contributed by atoms with Crippen molar-refractivity contribution in [2.75, 3.05) is 0 Å². The van der Waals surface area contributed by atoms with E-state index < -0.39 is 0 Å². The van der Waals surface area contributed by atoms with Crippen LogP contribution in [0.2, 0.25) is 0 Å². The summed E-state index contributed by atoms with van der Waals surface area (Å²) in [6.45, 7) is 3.92. The first-order chi connectivity index (χ1) is 6.74. The van der Waals surface area contributed by atoms with Crippen LogP contribution in [0.5, 0.6) is 0 Å². The lowest BCUT2D eigenvalue weighted by molar-refractivity contribution is 0.889. The van der Waals surface area contributed by atoms with Crippen LogP contribution in [0, 0.1) is 13.8 Å². The lowest BCUT2D eigenvalue weighted by Crippen LogP contribution is -1.92. The monoisotopic (exact) mass is 190 g/mol. The Hall–Kier alpha value is -1.58. The van der Waals surface area contributed by atoms with E-state index in [9.17, 15) is 0 Å². The average molecular weight is 190 g/mol. The van der Waals surface area contributed by atoms with E-state index in [2.05, 4.69) is 19.9 Å². The molecule has 0 atom stereocenters. The molecule has 0 saturated carbocycles. The minimum atomic E-state index is 0.973. The minimum Gasteiger partial charge on any atom is -0.346 e. The van der Waals surface area contributed by atoms with Crippen LogP contribution in [0.1, 0.15) is 23.0 Å².